The van der Waals surface area contributed by atoms with Gasteiger partial charge in [0.2, 0.25) is 11.8 Å². The molecule has 3 N–H and O–H groups in total. The zero-order chi connectivity index (χ0) is 30.6. The van der Waals surface area contributed by atoms with Crippen molar-refractivity contribution in [1.82, 2.24) is 10.6 Å². The van der Waals surface area contributed by atoms with Gasteiger partial charge in [-0.25, -0.2) is 0 Å². The van der Waals surface area contributed by atoms with Gasteiger partial charge in [-0.3, -0.25) is 14.4 Å². The lowest BCUT2D eigenvalue weighted by molar-refractivity contribution is -0.304. The Bertz CT molecular complexity index is 896. The molecule has 2 fully saturated rings. The van der Waals surface area contributed by atoms with Crippen LogP contribution in [0.3, 0.4) is 0 Å². The topological polar surface area (TPSA) is 114 Å². The number of hydrogen-bond acceptors (Lipinski definition) is 5. The van der Waals surface area contributed by atoms with Gasteiger partial charge in [0, 0.05) is 23.6 Å². The van der Waals surface area contributed by atoms with Crippen LogP contribution in [0, 0.1) is 17.3 Å². The van der Waals surface area contributed by atoms with Crippen molar-refractivity contribution in [3.8, 4) is 0 Å². The highest BCUT2D eigenvalue weighted by atomic mass is 16.7. The Balaban J connectivity index is 1.95. The van der Waals surface area contributed by atoms with Crippen LogP contribution >= 0.6 is 0 Å². The molecule has 2 amide bonds. The highest BCUT2D eigenvalue weighted by Gasteiger charge is 2.46. The molecule has 1 saturated heterocycles. The Morgan fingerprint density at radius 3 is 2.17 bits per heavy atom. The van der Waals surface area contributed by atoms with E-state index >= 15 is 0 Å². The molecule has 1 heterocycles. The summed E-state index contributed by atoms with van der Waals surface area (Å²) in [5.41, 5.74) is 1.29. The standard InChI is InChI=1S/C33H58N2O6/c1-8-9-10-11-12-13-14-15-18-23(2)24(3)29(36)35-27-20-17-16-19-25(27)26(31(38)39)21-34-30(37)28-32(4,5)22-40-33(6,7)41-28/h25-28H,8-22H2,1-7H3,(H,34,37)(H,35,36)(H,38,39)/t25-,26?,27-,28?/m0/s1. The summed E-state index contributed by atoms with van der Waals surface area (Å²) in [6.07, 6.45) is 13.5. The van der Waals surface area contributed by atoms with Crippen LogP contribution in [-0.2, 0) is 23.9 Å². The van der Waals surface area contributed by atoms with Crippen LogP contribution in [-0.4, -0.2) is 54.0 Å². The molecule has 8 heteroatoms. The molecule has 4 atom stereocenters. The Hall–Kier alpha value is -1.93. The molecule has 0 aromatic carbocycles. The maximum Gasteiger partial charge on any atom is 0.308 e. The van der Waals surface area contributed by atoms with Crippen molar-refractivity contribution in [1.29, 1.82) is 0 Å². The van der Waals surface area contributed by atoms with Gasteiger partial charge >= 0.3 is 5.97 Å². The first kappa shape index (κ1) is 35.3. The molecule has 2 rings (SSSR count). The Morgan fingerprint density at radius 2 is 1.54 bits per heavy atom. The van der Waals surface area contributed by atoms with Crippen molar-refractivity contribution in [2.45, 2.75) is 150 Å². The average Bonchev–Trinajstić information content (AvgIpc) is 2.91. The van der Waals surface area contributed by atoms with Crippen molar-refractivity contribution < 1.29 is 29.0 Å². The molecule has 2 unspecified atom stereocenters. The Kier molecular flexibility index (Phi) is 14.3. The normalized spacial score (nSPS) is 25.1. The molecule has 236 valence electrons. The van der Waals surface area contributed by atoms with E-state index in [0.717, 1.165) is 43.3 Å². The van der Waals surface area contributed by atoms with Crippen LogP contribution in [0.25, 0.3) is 0 Å². The number of nitrogens with one attached hydrogen (secondary N) is 2. The largest absolute Gasteiger partial charge is 0.481 e. The minimum Gasteiger partial charge on any atom is -0.481 e. The number of allylic oxidation sites excluding steroid dienone is 1. The molecule has 41 heavy (non-hydrogen) atoms. The van der Waals surface area contributed by atoms with E-state index in [4.69, 9.17) is 9.47 Å². The number of carboxylic acid groups (broad SMARTS) is 1. The third kappa shape index (κ3) is 11.3. The number of ether oxygens (including phenoxy) is 2. The number of carbonyl (C=O) groups is 3. The summed E-state index contributed by atoms with van der Waals surface area (Å²) >= 11 is 0. The zero-order valence-electron chi connectivity index (χ0n) is 26.9. The predicted molar refractivity (Wildman–Crippen MR) is 162 cm³/mol. The summed E-state index contributed by atoms with van der Waals surface area (Å²) in [6.45, 7) is 13.8. The van der Waals surface area contributed by atoms with Crippen molar-refractivity contribution in [3.05, 3.63) is 11.1 Å². The van der Waals surface area contributed by atoms with Gasteiger partial charge in [0.05, 0.1) is 12.5 Å². The van der Waals surface area contributed by atoms with Crippen molar-refractivity contribution in [2.75, 3.05) is 13.2 Å². The van der Waals surface area contributed by atoms with E-state index in [2.05, 4.69) is 17.6 Å². The van der Waals surface area contributed by atoms with Crippen LogP contribution in [0.4, 0.5) is 0 Å². The van der Waals surface area contributed by atoms with Crippen LogP contribution < -0.4 is 10.6 Å². The Labute approximate surface area is 248 Å². The van der Waals surface area contributed by atoms with E-state index in [-0.39, 0.29) is 30.3 Å². The minimum absolute atomic E-state index is 0.00523. The van der Waals surface area contributed by atoms with E-state index < -0.39 is 29.2 Å². The zero-order valence-corrected chi connectivity index (χ0v) is 26.9. The van der Waals surface area contributed by atoms with Crippen molar-refractivity contribution >= 4 is 17.8 Å². The van der Waals surface area contributed by atoms with Crippen LogP contribution in [0.5, 0.6) is 0 Å². The Morgan fingerprint density at radius 1 is 0.927 bits per heavy atom. The molecule has 2 aliphatic rings. The van der Waals surface area contributed by atoms with E-state index in [9.17, 15) is 19.5 Å². The molecule has 0 spiro atoms. The predicted octanol–water partition coefficient (Wildman–Crippen LogP) is 6.52. The second-order valence-corrected chi connectivity index (χ2v) is 13.5. The van der Waals surface area contributed by atoms with Gasteiger partial charge in [0.25, 0.3) is 0 Å². The smallest absolute Gasteiger partial charge is 0.308 e. The number of rotatable bonds is 16. The molecule has 0 bridgehead atoms. The lowest BCUT2D eigenvalue weighted by Crippen LogP contribution is -2.57. The van der Waals surface area contributed by atoms with Gasteiger partial charge < -0.3 is 25.2 Å². The molecular weight excluding hydrogens is 520 g/mol. The van der Waals surface area contributed by atoms with Gasteiger partial charge in [-0.2, -0.15) is 0 Å². The van der Waals surface area contributed by atoms with Gasteiger partial charge in [-0.05, 0) is 59.3 Å². The SMILES string of the molecule is CCCCCCCCCCC(C)=C(C)C(=O)N[C@H]1CCCC[C@H]1C(CNC(=O)C1OC(C)(C)OCC1(C)C)C(=O)O. The second kappa shape index (κ2) is 16.6. The van der Waals surface area contributed by atoms with Crippen LogP contribution in [0.2, 0.25) is 0 Å². The first-order valence-corrected chi connectivity index (χ1v) is 16.1. The van der Waals surface area contributed by atoms with Crippen LogP contribution in [0.1, 0.15) is 132 Å². The highest BCUT2D eigenvalue weighted by Crippen LogP contribution is 2.35. The van der Waals surface area contributed by atoms with Gasteiger partial charge in [-0.1, -0.05) is 84.1 Å². The fourth-order valence-corrected chi connectivity index (χ4v) is 6.05. The molecule has 1 aliphatic heterocycles. The fraction of sp³-hybridized carbons (Fsp3) is 0.848. The van der Waals surface area contributed by atoms with Gasteiger partial charge in [0.15, 0.2) is 5.79 Å². The van der Waals surface area contributed by atoms with E-state index in [0.29, 0.717) is 13.0 Å². The summed E-state index contributed by atoms with van der Waals surface area (Å²) in [5.74, 6) is -3.34. The molecule has 0 aromatic rings. The first-order valence-electron chi connectivity index (χ1n) is 16.1. The number of hydrogen-bond donors (Lipinski definition) is 3. The molecule has 0 radical (unpaired) electrons. The number of unbranched alkanes of at least 4 members (excludes halogenated alkanes) is 7. The number of carbonyl (C=O) groups excluding carboxylic acids is 2. The summed E-state index contributed by atoms with van der Waals surface area (Å²) in [5, 5.41) is 16.2. The maximum absolute atomic E-state index is 13.2. The average molecular weight is 579 g/mol. The van der Waals surface area contributed by atoms with Crippen molar-refractivity contribution in [3.63, 3.8) is 0 Å². The highest BCUT2D eigenvalue weighted by molar-refractivity contribution is 5.93. The summed E-state index contributed by atoms with van der Waals surface area (Å²) in [7, 11) is 0. The van der Waals surface area contributed by atoms with E-state index in [1.165, 1.54) is 44.9 Å². The number of amides is 2. The number of aliphatic carboxylic acids is 1. The monoisotopic (exact) mass is 578 g/mol. The molecule has 1 saturated carbocycles. The molecule has 1 aliphatic carbocycles. The van der Waals surface area contributed by atoms with Gasteiger partial charge in [-0.15, -0.1) is 0 Å². The first-order chi connectivity index (χ1) is 19.3. The quantitative estimate of drug-likeness (QED) is 0.142. The number of carboxylic acids is 1. The summed E-state index contributed by atoms with van der Waals surface area (Å²) in [6, 6.07) is -0.241. The second-order valence-electron chi connectivity index (χ2n) is 13.5. The van der Waals surface area contributed by atoms with E-state index in [1.54, 1.807) is 13.8 Å². The van der Waals surface area contributed by atoms with E-state index in [1.807, 2.05) is 27.7 Å². The molecule has 8 nitrogen and oxygen atoms in total. The van der Waals surface area contributed by atoms with Gasteiger partial charge in [0.1, 0.15) is 6.10 Å². The molecular formula is C33H58N2O6. The maximum atomic E-state index is 13.2. The third-order valence-electron chi connectivity index (χ3n) is 8.99. The third-order valence-corrected chi connectivity index (χ3v) is 8.99. The minimum atomic E-state index is -0.956. The lowest BCUT2D eigenvalue weighted by Gasteiger charge is -2.45. The summed E-state index contributed by atoms with van der Waals surface area (Å²) < 4.78 is 11.6. The summed E-state index contributed by atoms with van der Waals surface area (Å²) in [4.78, 5) is 38.8. The van der Waals surface area contributed by atoms with Crippen molar-refractivity contribution in [2.24, 2.45) is 17.3 Å². The lowest BCUT2D eigenvalue weighted by atomic mass is 9.76. The fourth-order valence-electron chi connectivity index (χ4n) is 6.05. The van der Waals surface area contributed by atoms with Crippen LogP contribution in [0.15, 0.2) is 11.1 Å². The molecule has 0 aromatic heterocycles.